The van der Waals surface area contributed by atoms with Crippen molar-refractivity contribution in [1.29, 1.82) is 0 Å². The third-order valence-corrected chi connectivity index (χ3v) is 6.47. The van der Waals surface area contributed by atoms with Gasteiger partial charge in [0.1, 0.15) is 5.01 Å². The Morgan fingerprint density at radius 1 is 1.03 bits per heavy atom. The SMILES string of the molecule is O=C(O)CCC(=O)Nc1ccc(S(=O)(=O)Nc2nnc(-c3cccc(C(F)(F)F)c3)s2)cc1. The van der Waals surface area contributed by atoms with Crippen molar-refractivity contribution in [2.45, 2.75) is 23.9 Å². The van der Waals surface area contributed by atoms with E-state index >= 15 is 0 Å². The topological polar surface area (TPSA) is 138 Å². The second kappa shape index (κ2) is 9.54. The Bertz CT molecular complexity index is 1280. The number of carbonyl (C=O) groups is 2. The first kappa shape index (κ1) is 24.1. The van der Waals surface area contributed by atoms with Crippen LogP contribution in [0, 0.1) is 0 Å². The molecule has 1 heterocycles. The third kappa shape index (κ3) is 6.49. The Kier molecular flexibility index (Phi) is 6.98. The fourth-order valence-corrected chi connectivity index (χ4v) is 4.51. The molecule has 0 aliphatic heterocycles. The maximum absolute atomic E-state index is 12.9. The van der Waals surface area contributed by atoms with E-state index in [1.165, 1.54) is 36.4 Å². The number of halogens is 3. The summed E-state index contributed by atoms with van der Waals surface area (Å²) in [5.74, 6) is -1.66. The van der Waals surface area contributed by atoms with Crippen LogP contribution in [0.1, 0.15) is 18.4 Å². The molecule has 0 unspecified atom stereocenters. The van der Waals surface area contributed by atoms with Gasteiger partial charge in [0.15, 0.2) is 0 Å². The van der Waals surface area contributed by atoms with E-state index in [1.807, 2.05) is 0 Å². The van der Waals surface area contributed by atoms with Crippen LogP contribution in [0.25, 0.3) is 10.6 Å². The Morgan fingerprint density at radius 3 is 2.36 bits per heavy atom. The molecule has 0 saturated heterocycles. The van der Waals surface area contributed by atoms with Gasteiger partial charge in [-0.15, -0.1) is 10.2 Å². The number of amides is 1. The molecular weight excluding hydrogens is 485 g/mol. The zero-order valence-corrected chi connectivity index (χ0v) is 18.1. The maximum Gasteiger partial charge on any atom is 0.416 e. The van der Waals surface area contributed by atoms with Crippen LogP contribution >= 0.6 is 11.3 Å². The normalized spacial score (nSPS) is 11.7. The number of hydrogen-bond donors (Lipinski definition) is 3. The molecule has 14 heteroatoms. The second-order valence-electron chi connectivity index (χ2n) is 6.56. The van der Waals surface area contributed by atoms with E-state index in [4.69, 9.17) is 5.11 Å². The summed E-state index contributed by atoms with van der Waals surface area (Å²) in [4.78, 5) is 22.0. The predicted molar refractivity (Wildman–Crippen MR) is 113 cm³/mol. The maximum atomic E-state index is 12.9. The summed E-state index contributed by atoms with van der Waals surface area (Å²) in [7, 11) is -4.09. The number of carbonyl (C=O) groups excluding carboxylic acids is 1. The van der Waals surface area contributed by atoms with Crippen molar-refractivity contribution >= 4 is 44.1 Å². The molecule has 3 N–H and O–H groups in total. The predicted octanol–water partition coefficient (Wildman–Crippen LogP) is 3.83. The molecule has 0 saturated carbocycles. The molecule has 1 amide bonds. The lowest BCUT2D eigenvalue weighted by Gasteiger charge is -2.07. The van der Waals surface area contributed by atoms with E-state index in [9.17, 15) is 31.2 Å². The first-order chi connectivity index (χ1) is 15.4. The fourth-order valence-electron chi connectivity index (χ4n) is 2.54. The molecule has 0 radical (unpaired) electrons. The van der Waals surface area contributed by atoms with Gasteiger partial charge in [0, 0.05) is 17.7 Å². The summed E-state index contributed by atoms with van der Waals surface area (Å²) in [5, 5.41) is 18.4. The van der Waals surface area contributed by atoms with Crippen LogP contribution < -0.4 is 10.0 Å². The van der Waals surface area contributed by atoms with Gasteiger partial charge in [0.25, 0.3) is 10.0 Å². The number of hydrogen-bond acceptors (Lipinski definition) is 7. The lowest BCUT2D eigenvalue weighted by atomic mass is 10.1. The molecule has 33 heavy (non-hydrogen) atoms. The first-order valence-electron chi connectivity index (χ1n) is 9.10. The number of aliphatic carboxylic acids is 1. The minimum atomic E-state index is -4.53. The summed E-state index contributed by atoms with van der Waals surface area (Å²) in [6.07, 6.45) is -5.11. The summed E-state index contributed by atoms with van der Waals surface area (Å²) in [6, 6.07) is 9.48. The zero-order valence-electron chi connectivity index (χ0n) is 16.5. The van der Waals surface area contributed by atoms with E-state index in [0.717, 1.165) is 23.5 Å². The highest BCUT2D eigenvalue weighted by Gasteiger charge is 2.30. The van der Waals surface area contributed by atoms with Crippen LogP contribution in [0.5, 0.6) is 0 Å². The van der Waals surface area contributed by atoms with Gasteiger partial charge in [0.05, 0.1) is 16.9 Å². The number of nitrogens with one attached hydrogen (secondary N) is 2. The molecule has 174 valence electrons. The molecule has 0 atom stereocenters. The van der Waals surface area contributed by atoms with Crippen LogP contribution in [-0.4, -0.2) is 35.6 Å². The van der Waals surface area contributed by atoms with E-state index in [-0.39, 0.29) is 39.1 Å². The number of nitrogens with zero attached hydrogens (tertiary/aromatic N) is 2. The number of carboxylic acid groups (broad SMARTS) is 1. The van der Waals surface area contributed by atoms with Crippen molar-refractivity contribution in [1.82, 2.24) is 10.2 Å². The molecular formula is C19H15F3N4O5S2. The smallest absolute Gasteiger partial charge is 0.416 e. The summed E-state index contributed by atoms with van der Waals surface area (Å²) >= 11 is 0.761. The van der Waals surface area contributed by atoms with Crippen LogP contribution in [0.3, 0.4) is 0 Å². The quantitative estimate of drug-likeness (QED) is 0.427. The van der Waals surface area contributed by atoms with E-state index < -0.39 is 33.6 Å². The number of sulfonamides is 1. The molecule has 0 bridgehead atoms. The Labute approximate surface area is 189 Å². The Balaban J connectivity index is 1.70. The lowest BCUT2D eigenvalue weighted by Crippen LogP contribution is -2.14. The Morgan fingerprint density at radius 2 is 1.73 bits per heavy atom. The summed E-state index contributed by atoms with van der Waals surface area (Å²) in [5.41, 5.74) is -0.463. The third-order valence-electron chi connectivity index (χ3n) is 4.10. The molecule has 0 aliphatic rings. The number of carboxylic acids is 1. The van der Waals surface area contributed by atoms with Crippen molar-refractivity contribution in [2.75, 3.05) is 10.0 Å². The van der Waals surface area contributed by atoms with Crippen molar-refractivity contribution in [3.8, 4) is 10.6 Å². The molecule has 0 fully saturated rings. The monoisotopic (exact) mass is 500 g/mol. The van der Waals surface area contributed by atoms with Gasteiger partial charge in [0.2, 0.25) is 11.0 Å². The van der Waals surface area contributed by atoms with Crippen LogP contribution in [0.15, 0.2) is 53.4 Å². The highest BCUT2D eigenvalue weighted by molar-refractivity contribution is 7.93. The fraction of sp³-hybridized carbons (Fsp3) is 0.158. The Hall–Kier alpha value is -3.52. The molecule has 3 rings (SSSR count). The van der Waals surface area contributed by atoms with Crippen molar-refractivity contribution in [3.05, 3.63) is 54.1 Å². The minimum absolute atomic E-state index is 0.0956. The minimum Gasteiger partial charge on any atom is -0.481 e. The van der Waals surface area contributed by atoms with Gasteiger partial charge in [-0.3, -0.25) is 14.3 Å². The van der Waals surface area contributed by atoms with E-state index in [1.54, 1.807) is 0 Å². The molecule has 1 aromatic heterocycles. The second-order valence-corrected chi connectivity index (χ2v) is 9.22. The number of anilines is 2. The molecule has 9 nitrogen and oxygen atoms in total. The van der Waals surface area contributed by atoms with E-state index in [0.29, 0.717) is 0 Å². The van der Waals surface area contributed by atoms with Gasteiger partial charge < -0.3 is 10.4 Å². The highest BCUT2D eigenvalue weighted by atomic mass is 32.2. The highest BCUT2D eigenvalue weighted by Crippen LogP contribution is 2.34. The van der Waals surface area contributed by atoms with E-state index in [2.05, 4.69) is 20.2 Å². The first-order valence-corrected chi connectivity index (χ1v) is 11.4. The molecule has 2 aromatic carbocycles. The number of aromatic nitrogens is 2. The van der Waals surface area contributed by atoms with Gasteiger partial charge in [-0.25, -0.2) is 8.42 Å². The largest absolute Gasteiger partial charge is 0.481 e. The summed E-state index contributed by atoms with van der Waals surface area (Å²) < 4.78 is 66.0. The molecule has 0 aliphatic carbocycles. The van der Waals surface area contributed by atoms with Gasteiger partial charge in [-0.05, 0) is 36.4 Å². The van der Waals surface area contributed by atoms with Crippen molar-refractivity contribution in [3.63, 3.8) is 0 Å². The molecule has 3 aromatic rings. The van der Waals surface area contributed by atoms with Crippen molar-refractivity contribution in [2.24, 2.45) is 0 Å². The number of rotatable bonds is 8. The number of benzene rings is 2. The zero-order chi connectivity index (χ0) is 24.2. The van der Waals surface area contributed by atoms with Crippen LogP contribution in [0.2, 0.25) is 0 Å². The van der Waals surface area contributed by atoms with Gasteiger partial charge in [-0.2, -0.15) is 13.2 Å². The lowest BCUT2D eigenvalue weighted by molar-refractivity contribution is -0.138. The standard InChI is InChI=1S/C19H15F3N4O5S2/c20-19(21,22)12-3-1-2-11(10-12)17-24-25-18(32-17)26-33(30,31)14-6-4-13(5-7-14)23-15(27)8-9-16(28)29/h1-7,10H,8-9H2,(H,23,27)(H,25,26)(H,28,29). The van der Waals surface area contributed by atoms with Gasteiger partial charge >= 0.3 is 12.1 Å². The van der Waals surface area contributed by atoms with Crippen LogP contribution in [0.4, 0.5) is 24.0 Å². The van der Waals surface area contributed by atoms with Crippen molar-refractivity contribution < 1.29 is 36.3 Å². The van der Waals surface area contributed by atoms with Crippen LogP contribution in [-0.2, 0) is 25.8 Å². The summed E-state index contributed by atoms with van der Waals surface area (Å²) in [6.45, 7) is 0. The average Bonchev–Trinajstić information content (AvgIpc) is 3.20. The molecule has 0 spiro atoms. The average molecular weight is 500 g/mol. The van der Waals surface area contributed by atoms with Gasteiger partial charge in [-0.1, -0.05) is 23.5 Å². The number of alkyl halides is 3.